The molecule has 0 unspecified atom stereocenters. The highest BCUT2D eigenvalue weighted by atomic mass is 35.7. The van der Waals surface area contributed by atoms with Crippen LogP contribution in [0.4, 0.5) is 0 Å². The van der Waals surface area contributed by atoms with Crippen molar-refractivity contribution in [1.29, 1.82) is 0 Å². The number of amides is 1. The molecule has 7 heteroatoms. The van der Waals surface area contributed by atoms with Crippen LogP contribution in [0.15, 0.2) is 29.2 Å². The normalized spacial score (nSPS) is 11.4. The predicted octanol–water partition coefficient (Wildman–Crippen LogP) is 1.77. The van der Waals surface area contributed by atoms with Gasteiger partial charge in [0.2, 0.25) is 0 Å². The van der Waals surface area contributed by atoms with Gasteiger partial charge in [0, 0.05) is 17.2 Å². The lowest BCUT2D eigenvalue weighted by molar-refractivity contribution is -0.123. The highest BCUT2D eigenvalue weighted by Gasteiger charge is 2.09. The van der Waals surface area contributed by atoms with E-state index in [1.807, 2.05) is 13.8 Å². The van der Waals surface area contributed by atoms with Gasteiger partial charge in [-0.05, 0) is 30.2 Å². The lowest BCUT2D eigenvalue weighted by atomic mass is 10.2. The van der Waals surface area contributed by atoms with Crippen LogP contribution in [0.1, 0.15) is 13.8 Å². The number of halogens is 1. The Kier molecular flexibility index (Phi) is 5.62. The molecule has 0 aromatic heterocycles. The quantitative estimate of drug-likeness (QED) is 0.813. The van der Waals surface area contributed by atoms with Crippen LogP contribution in [-0.4, -0.2) is 27.5 Å². The highest BCUT2D eigenvalue weighted by Crippen LogP contribution is 2.18. The fourth-order valence-electron chi connectivity index (χ4n) is 1.22. The molecular formula is C12H16ClNO4S. The van der Waals surface area contributed by atoms with Crippen molar-refractivity contribution in [2.24, 2.45) is 5.92 Å². The summed E-state index contributed by atoms with van der Waals surface area (Å²) in [4.78, 5) is 11.4. The van der Waals surface area contributed by atoms with Gasteiger partial charge in [0.05, 0.1) is 4.90 Å². The smallest absolute Gasteiger partial charge is 0.261 e. The van der Waals surface area contributed by atoms with Crippen LogP contribution in [0.5, 0.6) is 5.75 Å². The zero-order valence-corrected chi connectivity index (χ0v) is 12.3. The number of carbonyl (C=O) groups excluding carboxylic acids is 1. The Bertz CT molecular complexity index is 525. The first-order valence-corrected chi connectivity index (χ1v) is 8.04. The molecule has 0 spiro atoms. The lowest BCUT2D eigenvalue weighted by Gasteiger charge is -2.09. The molecule has 5 nitrogen and oxygen atoms in total. The number of ether oxygens (including phenoxy) is 1. The first-order valence-electron chi connectivity index (χ1n) is 5.73. The van der Waals surface area contributed by atoms with Crippen molar-refractivity contribution < 1.29 is 17.9 Å². The molecule has 1 N–H and O–H groups in total. The van der Waals surface area contributed by atoms with E-state index in [4.69, 9.17) is 15.4 Å². The van der Waals surface area contributed by atoms with Crippen molar-refractivity contribution >= 4 is 25.6 Å². The first kappa shape index (κ1) is 15.8. The van der Waals surface area contributed by atoms with Crippen molar-refractivity contribution in [2.75, 3.05) is 13.2 Å². The molecule has 0 fully saturated rings. The Morgan fingerprint density at radius 1 is 1.32 bits per heavy atom. The first-order chi connectivity index (χ1) is 8.79. The number of carbonyl (C=O) groups is 1. The average Bonchev–Trinajstić information content (AvgIpc) is 2.33. The number of rotatable bonds is 6. The van der Waals surface area contributed by atoms with E-state index in [0.717, 1.165) is 0 Å². The van der Waals surface area contributed by atoms with Gasteiger partial charge < -0.3 is 10.1 Å². The molecule has 0 saturated heterocycles. The number of benzene rings is 1. The average molecular weight is 306 g/mol. The van der Waals surface area contributed by atoms with Crippen molar-refractivity contribution in [3.8, 4) is 5.75 Å². The minimum Gasteiger partial charge on any atom is -0.484 e. The predicted molar refractivity (Wildman–Crippen MR) is 72.8 cm³/mol. The fraction of sp³-hybridized carbons (Fsp3) is 0.417. The van der Waals surface area contributed by atoms with Crippen LogP contribution < -0.4 is 10.1 Å². The van der Waals surface area contributed by atoms with Crippen LogP contribution in [0.3, 0.4) is 0 Å². The highest BCUT2D eigenvalue weighted by molar-refractivity contribution is 8.13. The van der Waals surface area contributed by atoms with E-state index in [0.29, 0.717) is 18.2 Å². The lowest BCUT2D eigenvalue weighted by Crippen LogP contribution is -2.31. The molecule has 1 aromatic carbocycles. The molecule has 1 rings (SSSR count). The zero-order valence-electron chi connectivity index (χ0n) is 10.7. The summed E-state index contributed by atoms with van der Waals surface area (Å²) >= 11 is 0. The molecule has 1 aromatic rings. The number of hydrogen-bond acceptors (Lipinski definition) is 4. The SMILES string of the molecule is CC(C)CNC(=O)COc1ccc(S(=O)(=O)Cl)cc1. The Morgan fingerprint density at radius 3 is 2.37 bits per heavy atom. The molecule has 0 radical (unpaired) electrons. The molecule has 0 aliphatic carbocycles. The van der Waals surface area contributed by atoms with Gasteiger partial charge in [0.25, 0.3) is 15.0 Å². The summed E-state index contributed by atoms with van der Waals surface area (Å²) in [5.74, 6) is 0.559. The summed E-state index contributed by atoms with van der Waals surface area (Å²) in [6.07, 6.45) is 0. The number of hydrogen-bond donors (Lipinski definition) is 1. The van der Waals surface area contributed by atoms with Crippen molar-refractivity contribution in [2.45, 2.75) is 18.7 Å². The monoisotopic (exact) mass is 305 g/mol. The van der Waals surface area contributed by atoms with Crippen LogP contribution in [0, 0.1) is 5.92 Å². The third-order valence-electron chi connectivity index (χ3n) is 2.18. The Hall–Kier alpha value is -1.27. The maximum absolute atomic E-state index is 11.4. The van der Waals surface area contributed by atoms with E-state index in [9.17, 15) is 13.2 Å². The Labute approximate surface area is 117 Å². The maximum atomic E-state index is 11.4. The van der Waals surface area contributed by atoms with Crippen molar-refractivity contribution in [3.05, 3.63) is 24.3 Å². The van der Waals surface area contributed by atoms with Gasteiger partial charge in [-0.1, -0.05) is 13.8 Å². The topological polar surface area (TPSA) is 72.5 Å². The molecule has 1 amide bonds. The van der Waals surface area contributed by atoms with E-state index in [1.165, 1.54) is 24.3 Å². The maximum Gasteiger partial charge on any atom is 0.261 e. The Morgan fingerprint density at radius 2 is 1.89 bits per heavy atom. The standard InChI is InChI=1S/C12H16ClNO4S/c1-9(2)7-14-12(15)8-18-10-3-5-11(6-4-10)19(13,16)17/h3-6,9H,7-8H2,1-2H3,(H,14,15). The van der Waals surface area contributed by atoms with E-state index in [2.05, 4.69) is 5.32 Å². The van der Waals surface area contributed by atoms with Gasteiger partial charge in [-0.2, -0.15) is 0 Å². The molecule has 0 bridgehead atoms. The molecule has 0 heterocycles. The van der Waals surface area contributed by atoms with Crippen LogP contribution in [-0.2, 0) is 13.8 Å². The number of nitrogens with one attached hydrogen (secondary N) is 1. The fourth-order valence-corrected chi connectivity index (χ4v) is 1.99. The molecule has 19 heavy (non-hydrogen) atoms. The Balaban J connectivity index is 2.48. The third kappa shape index (κ3) is 5.94. The minimum absolute atomic E-state index is 0.00854. The summed E-state index contributed by atoms with van der Waals surface area (Å²) in [5, 5.41) is 2.71. The largest absolute Gasteiger partial charge is 0.484 e. The van der Waals surface area contributed by atoms with Gasteiger partial charge in [-0.3, -0.25) is 4.79 Å². The van der Waals surface area contributed by atoms with Gasteiger partial charge in [0.1, 0.15) is 5.75 Å². The van der Waals surface area contributed by atoms with Crippen LogP contribution in [0.2, 0.25) is 0 Å². The van der Waals surface area contributed by atoms with E-state index in [-0.39, 0.29) is 17.4 Å². The minimum atomic E-state index is -3.73. The van der Waals surface area contributed by atoms with Gasteiger partial charge in [-0.25, -0.2) is 8.42 Å². The summed E-state index contributed by atoms with van der Waals surface area (Å²) in [7, 11) is 1.44. The summed E-state index contributed by atoms with van der Waals surface area (Å²) in [6, 6.07) is 5.54. The second-order valence-corrected chi connectivity index (χ2v) is 6.96. The van der Waals surface area contributed by atoms with Crippen LogP contribution in [0.25, 0.3) is 0 Å². The van der Waals surface area contributed by atoms with Gasteiger partial charge in [-0.15, -0.1) is 0 Å². The molecule has 0 aliphatic heterocycles. The second-order valence-electron chi connectivity index (χ2n) is 4.40. The molecule has 0 atom stereocenters. The van der Waals surface area contributed by atoms with Gasteiger partial charge in [0.15, 0.2) is 6.61 Å². The van der Waals surface area contributed by atoms with E-state index in [1.54, 1.807) is 0 Å². The molecular weight excluding hydrogens is 290 g/mol. The third-order valence-corrected chi connectivity index (χ3v) is 3.55. The molecule has 0 aliphatic rings. The van der Waals surface area contributed by atoms with Crippen molar-refractivity contribution in [1.82, 2.24) is 5.32 Å². The van der Waals surface area contributed by atoms with Gasteiger partial charge >= 0.3 is 0 Å². The zero-order chi connectivity index (χ0) is 14.5. The van der Waals surface area contributed by atoms with E-state index < -0.39 is 9.05 Å². The molecule has 106 valence electrons. The summed E-state index contributed by atoms with van der Waals surface area (Å²) in [5.41, 5.74) is 0. The van der Waals surface area contributed by atoms with Crippen LogP contribution >= 0.6 is 10.7 Å². The molecule has 0 saturated carbocycles. The summed E-state index contributed by atoms with van der Waals surface area (Å²) in [6.45, 7) is 4.46. The van der Waals surface area contributed by atoms with Crippen molar-refractivity contribution in [3.63, 3.8) is 0 Å². The second kappa shape index (κ2) is 6.77. The summed E-state index contributed by atoms with van der Waals surface area (Å²) < 4.78 is 27.3. The van der Waals surface area contributed by atoms with E-state index >= 15 is 0 Å².